The van der Waals surface area contributed by atoms with Crippen LogP contribution in [0, 0.1) is 0 Å². The number of ether oxygens (including phenoxy) is 2. The highest BCUT2D eigenvalue weighted by Gasteiger charge is 2.16. The maximum Gasteiger partial charge on any atom is 0.337 e. The standard InChI is InChI=1S/C18H16BrN5O5/c1-28-17(26)11-5-12(18(27)29-2)7-14(6-11)21-16(25)15-3-4-23(22-15)10-24-9-13(19)8-20-24/h3-9H,10H2,1-2H3,(H,21,25). The van der Waals surface area contributed by atoms with Gasteiger partial charge in [0.15, 0.2) is 5.69 Å². The van der Waals surface area contributed by atoms with E-state index in [-0.39, 0.29) is 22.5 Å². The van der Waals surface area contributed by atoms with Gasteiger partial charge < -0.3 is 14.8 Å². The summed E-state index contributed by atoms with van der Waals surface area (Å²) in [7, 11) is 2.44. The Labute approximate surface area is 173 Å². The van der Waals surface area contributed by atoms with Gasteiger partial charge >= 0.3 is 11.9 Å². The average molecular weight is 462 g/mol. The van der Waals surface area contributed by atoms with Gasteiger partial charge in [-0.05, 0) is 40.2 Å². The van der Waals surface area contributed by atoms with E-state index in [2.05, 4.69) is 40.9 Å². The van der Waals surface area contributed by atoms with Crippen molar-refractivity contribution < 1.29 is 23.9 Å². The van der Waals surface area contributed by atoms with E-state index < -0.39 is 17.8 Å². The second-order valence-electron chi connectivity index (χ2n) is 5.82. The second kappa shape index (κ2) is 8.69. The fourth-order valence-corrected chi connectivity index (χ4v) is 2.82. The molecule has 0 atom stereocenters. The van der Waals surface area contributed by atoms with E-state index in [1.54, 1.807) is 34.0 Å². The normalized spacial score (nSPS) is 10.4. The van der Waals surface area contributed by atoms with E-state index >= 15 is 0 Å². The largest absolute Gasteiger partial charge is 0.465 e. The highest BCUT2D eigenvalue weighted by atomic mass is 79.9. The maximum absolute atomic E-state index is 12.5. The van der Waals surface area contributed by atoms with E-state index in [0.29, 0.717) is 6.67 Å². The van der Waals surface area contributed by atoms with E-state index in [1.165, 1.54) is 32.4 Å². The van der Waals surface area contributed by atoms with Crippen molar-refractivity contribution in [2.45, 2.75) is 6.67 Å². The molecule has 3 aromatic rings. The molecule has 0 bridgehead atoms. The summed E-state index contributed by atoms with van der Waals surface area (Å²) in [5.41, 5.74) is 0.573. The van der Waals surface area contributed by atoms with Gasteiger partial charge in [-0.2, -0.15) is 10.2 Å². The van der Waals surface area contributed by atoms with Crippen LogP contribution < -0.4 is 5.32 Å². The molecular weight excluding hydrogens is 446 g/mol. The van der Waals surface area contributed by atoms with Crippen molar-refractivity contribution in [2.75, 3.05) is 19.5 Å². The summed E-state index contributed by atoms with van der Waals surface area (Å²) >= 11 is 3.31. The fraction of sp³-hybridized carbons (Fsp3) is 0.167. The highest BCUT2D eigenvalue weighted by molar-refractivity contribution is 9.10. The van der Waals surface area contributed by atoms with Gasteiger partial charge in [0.2, 0.25) is 0 Å². The lowest BCUT2D eigenvalue weighted by Gasteiger charge is -2.09. The van der Waals surface area contributed by atoms with Gasteiger partial charge in [0.25, 0.3) is 5.91 Å². The van der Waals surface area contributed by atoms with Crippen molar-refractivity contribution in [3.8, 4) is 0 Å². The quantitative estimate of drug-likeness (QED) is 0.558. The number of anilines is 1. The molecule has 0 saturated carbocycles. The monoisotopic (exact) mass is 461 g/mol. The van der Waals surface area contributed by atoms with Crippen LogP contribution in [0.1, 0.15) is 31.2 Å². The molecule has 0 radical (unpaired) electrons. The number of amides is 1. The van der Waals surface area contributed by atoms with Crippen LogP contribution in [-0.2, 0) is 16.1 Å². The first kappa shape index (κ1) is 20.3. The smallest absolute Gasteiger partial charge is 0.337 e. The van der Waals surface area contributed by atoms with Crippen molar-refractivity contribution in [3.05, 3.63) is 64.1 Å². The zero-order valence-corrected chi connectivity index (χ0v) is 17.0. The molecule has 3 rings (SSSR count). The number of carbonyl (C=O) groups is 3. The minimum atomic E-state index is -0.652. The molecule has 2 heterocycles. The van der Waals surface area contributed by atoms with Gasteiger partial charge in [-0.15, -0.1) is 0 Å². The van der Waals surface area contributed by atoms with Gasteiger partial charge in [0, 0.05) is 18.1 Å². The first-order valence-electron chi connectivity index (χ1n) is 8.24. The molecule has 0 unspecified atom stereocenters. The lowest BCUT2D eigenvalue weighted by molar-refractivity contribution is 0.0599. The lowest BCUT2D eigenvalue weighted by Crippen LogP contribution is -2.16. The first-order chi connectivity index (χ1) is 13.9. The fourth-order valence-electron chi connectivity index (χ4n) is 2.49. The van der Waals surface area contributed by atoms with E-state index in [9.17, 15) is 14.4 Å². The van der Waals surface area contributed by atoms with Crippen LogP contribution >= 0.6 is 15.9 Å². The Kier molecular flexibility index (Phi) is 6.07. The van der Waals surface area contributed by atoms with Gasteiger partial charge in [0.05, 0.1) is 36.0 Å². The van der Waals surface area contributed by atoms with E-state index in [1.807, 2.05) is 0 Å². The Bertz CT molecular complexity index is 1040. The molecule has 150 valence electrons. The second-order valence-corrected chi connectivity index (χ2v) is 6.73. The predicted molar refractivity (Wildman–Crippen MR) is 105 cm³/mol. The lowest BCUT2D eigenvalue weighted by atomic mass is 10.1. The molecule has 0 fully saturated rings. The number of methoxy groups -OCH3 is 2. The molecule has 10 nitrogen and oxygen atoms in total. The molecule has 1 aromatic carbocycles. The Morgan fingerprint density at radius 1 is 1.07 bits per heavy atom. The summed E-state index contributed by atoms with van der Waals surface area (Å²) in [6, 6.07) is 5.66. The molecule has 0 spiro atoms. The third-order valence-corrected chi connectivity index (χ3v) is 4.21. The summed E-state index contributed by atoms with van der Waals surface area (Å²) in [5, 5.41) is 10.9. The predicted octanol–water partition coefficient (Wildman–Crippen LogP) is 2.17. The zero-order chi connectivity index (χ0) is 21.0. The number of carbonyl (C=O) groups excluding carboxylic acids is 3. The van der Waals surface area contributed by atoms with Gasteiger partial charge in [-0.3, -0.25) is 9.48 Å². The van der Waals surface area contributed by atoms with E-state index in [4.69, 9.17) is 0 Å². The van der Waals surface area contributed by atoms with Crippen LogP contribution in [0.25, 0.3) is 0 Å². The first-order valence-corrected chi connectivity index (χ1v) is 9.03. The van der Waals surface area contributed by atoms with Gasteiger partial charge in [-0.25, -0.2) is 14.3 Å². The van der Waals surface area contributed by atoms with Crippen LogP contribution in [0.2, 0.25) is 0 Å². The Morgan fingerprint density at radius 2 is 1.72 bits per heavy atom. The molecule has 1 amide bonds. The third-order valence-electron chi connectivity index (χ3n) is 3.80. The molecule has 1 N–H and O–H groups in total. The third kappa shape index (κ3) is 4.88. The Balaban J connectivity index is 1.79. The van der Waals surface area contributed by atoms with Crippen LogP contribution in [0.15, 0.2) is 47.3 Å². The van der Waals surface area contributed by atoms with Crippen LogP contribution in [0.5, 0.6) is 0 Å². The van der Waals surface area contributed by atoms with Gasteiger partial charge in [-0.1, -0.05) is 0 Å². The maximum atomic E-state index is 12.5. The van der Waals surface area contributed by atoms with Crippen molar-refractivity contribution in [1.29, 1.82) is 0 Å². The number of halogens is 1. The van der Waals surface area contributed by atoms with Crippen molar-refractivity contribution in [1.82, 2.24) is 19.6 Å². The Hall–Kier alpha value is -3.47. The van der Waals surface area contributed by atoms with Crippen molar-refractivity contribution >= 4 is 39.5 Å². The molecule has 0 aliphatic rings. The molecule has 0 aliphatic carbocycles. The number of hydrogen-bond acceptors (Lipinski definition) is 7. The molecule has 0 saturated heterocycles. The molecule has 2 aromatic heterocycles. The summed E-state index contributed by atoms with van der Waals surface area (Å²) < 4.78 is 13.4. The number of esters is 2. The molecular formula is C18H16BrN5O5. The topological polar surface area (TPSA) is 117 Å². The van der Waals surface area contributed by atoms with Crippen LogP contribution in [-0.4, -0.2) is 51.6 Å². The highest BCUT2D eigenvalue weighted by Crippen LogP contribution is 2.18. The molecule has 11 heteroatoms. The molecule has 0 aliphatic heterocycles. The number of benzene rings is 1. The number of nitrogens with zero attached hydrogens (tertiary/aromatic N) is 4. The van der Waals surface area contributed by atoms with Crippen LogP contribution in [0.3, 0.4) is 0 Å². The number of nitrogens with one attached hydrogen (secondary N) is 1. The SMILES string of the molecule is COC(=O)c1cc(NC(=O)c2ccn(Cn3cc(Br)cn3)n2)cc(C(=O)OC)c1. The summed E-state index contributed by atoms with van der Waals surface area (Å²) in [5.74, 6) is -1.81. The van der Waals surface area contributed by atoms with Crippen molar-refractivity contribution in [2.24, 2.45) is 0 Å². The number of rotatable bonds is 6. The number of hydrogen-bond donors (Lipinski definition) is 1. The average Bonchev–Trinajstić information content (AvgIpc) is 3.35. The molecule has 29 heavy (non-hydrogen) atoms. The summed E-state index contributed by atoms with van der Waals surface area (Å²) in [6.45, 7) is 0.323. The van der Waals surface area contributed by atoms with Crippen molar-refractivity contribution in [3.63, 3.8) is 0 Å². The Morgan fingerprint density at radius 3 is 2.28 bits per heavy atom. The van der Waals surface area contributed by atoms with E-state index in [0.717, 1.165) is 4.47 Å². The minimum Gasteiger partial charge on any atom is -0.465 e. The zero-order valence-electron chi connectivity index (χ0n) is 15.5. The summed E-state index contributed by atoms with van der Waals surface area (Å²) in [4.78, 5) is 36.2. The summed E-state index contributed by atoms with van der Waals surface area (Å²) in [6.07, 6.45) is 5.05. The number of aromatic nitrogens is 4. The van der Waals surface area contributed by atoms with Crippen LogP contribution in [0.4, 0.5) is 5.69 Å². The minimum absolute atomic E-state index is 0.0977. The van der Waals surface area contributed by atoms with Gasteiger partial charge in [0.1, 0.15) is 6.67 Å².